The number of ether oxygens (including phenoxy) is 2. The first kappa shape index (κ1) is 18.2. The number of thiazole rings is 1. The van der Waals surface area contributed by atoms with Gasteiger partial charge in [0.1, 0.15) is 12.4 Å². The third-order valence-corrected chi connectivity index (χ3v) is 4.63. The summed E-state index contributed by atoms with van der Waals surface area (Å²) in [6.07, 6.45) is 1.59. The monoisotopic (exact) mass is 389 g/mol. The molecular formula is C18H16ClN3O3S. The molecule has 134 valence electrons. The zero-order chi connectivity index (χ0) is 18.5. The second-order valence-electron chi connectivity index (χ2n) is 5.23. The van der Waals surface area contributed by atoms with Crippen LogP contribution in [-0.4, -0.2) is 23.0 Å². The standard InChI is InChI=1S/C18H16ClN3O3S/c1-12(23)22(14-6-3-4-7-15(14)24-2)18-21-13(11-26-18)10-25-16-8-5-9-20-17(16)19/h3-9,11H,10H2,1-2H3. The van der Waals surface area contributed by atoms with E-state index in [0.717, 1.165) is 0 Å². The maximum atomic E-state index is 12.2. The van der Waals surface area contributed by atoms with Crippen LogP contribution in [0.2, 0.25) is 5.15 Å². The Morgan fingerprint density at radius 2 is 2.00 bits per heavy atom. The Labute approximate surface area is 160 Å². The lowest BCUT2D eigenvalue weighted by molar-refractivity contribution is -0.115. The number of halogens is 1. The minimum atomic E-state index is -0.161. The van der Waals surface area contributed by atoms with Crippen molar-refractivity contribution in [2.75, 3.05) is 12.0 Å². The maximum absolute atomic E-state index is 12.2. The Kier molecular flexibility index (Phi) is 5.70. The van der Waals surface area contributed by atoms with Crippen LogP contribution in [0.1, 0.15) is 12.6 Å². The van der Waals surface area contributed by atoms with E-state index < -0.39 is 0 Å². The largest absolute Gasteiger partial charge is 0.495 e. The van der Waals surface area contributed by atoms with Gasteiger partial charge in [-0.05, 0) is 24.3 Å². The van der Waals surface area contributed by atoms with Crippen LogP contribution in [-0.2, 0) is 11.4 Å². The fourth-order valence-electron chi connectivity index (χ4n) is 2.32. The zero-order valence-corrected chi connectivity index (χ0v) is 15.8. The normalized spacial score (nSPS) is 10.4. The number of rotatable bonds is 6. The summed E-state index contributed by atoms with van der Waals surface area (Å²) in [5.74, 6) is 0.918. The van der Waals surface area contributed by atoms with Crippen LogP contribution in [0.25, 0.3) is 0 Å². The average Bonchev–Trinajstić information content (AvgIpc) is 3.10. The summed E-state index contributed by atoms with van der Waals surface area (Å²) < 4.78 is 11.0. The fraction of sp³-hybridized carbons (Fsp3) is 0.167. The van der Waals surface area contributed by atoms with Gasteiger partial charge in [-0.2, -0.15) is 0 Å². The SMILES string of the molecule is COc1ccccc1N(C(C)=O)c1nc(COc2cccnc2Cl)cs1. The van der Waals surface area contributed by atoms with Gasteiger partial charge < -0.3 is 9.47 Å². The van der Waals surface area contributed by atoms with Crippen molar-refractivity contribution in [3.8, 4) is 11.5 Å². The summed E-state index contributed by atoms with van der Waals surface area (Å²) in [6, 6.07) is 10.8. The fourth-order valence-corrected chi connectivity index (χ4v) is 3.36. The second kappa shape index (κ2) is 8.16. The van der Waals surface area contributed by atoms with Crippen molar-refractivity contribution in [2.24, 2.45) is 0 Å². The van der Waals surface area contributed by atoms with E-state index in [0.29, 0.717) is 33.2 Å². The third kappa shape index (κ3) is 3.95. The lowest BCUT2D eigenvalue weighted by atomic mass is 10.2. The molecule has 1 aromatic carbocycles. The highest BCUT2D eigenvalue weighted by atomic mass is 35.5. The highest BCUT2D eigenvalue weighted by Gasteiger charge is 2.21. The van der Waals surface area contributed by atoms with Gasteiger partial charge in [0.05, 0.1) is 18.5 Å². The van der Waals surface area contributed by atoms with Crippen LogP contribution in [0.15, 0.2) is 48.0 Å². The first-order chi connectivity index (χ1) is 12.6. The molecule has 0 aliphatic heterocycles. The number of para-hydroxylation sites is 2. The number of pyridine rings is 1. The van der Waals surface area contributed by atoms with E-state index in [-0.39, 0.29) is 12.5 Å². The minimum Gasteiger partial charge on any atom is -0.495 e. The number of carbonyl (C=O) groups excluding carboxylic acids is 1. The van der Waals surface area contributed by atoms with E-state index in [9.17, 15) is 4.79 Å². The van der Waals surface area contributed by atoms with Gasteiger partial charge in [0.15, 0.2) is 16.0 Å². The first-order valence-corrected chi connectivity index (χ1v) is 8.97. The van der Waals surface area contributed by atoms with Gasteiger partial charge in [-0.3, -0.25) is 9.69 Å². The Balaban J connectivity index is 1.82. The molecule has 2 heterocycles. The molecule has 0 saturated heterocycles. The molecule has 8 heteroatoms. The number of amides is 1. The third-order valence-electron chi connectivity index (χ3n) is 3.47. The van der Waals surface area contributed by atoms with Crippen molar-refractivity contribution in [1.82, 2.24) is 9.97 Å². The molecular weight excluding hydrogens is 374 g/mol. The molecule has 0 saturated carbocycles. The van der Waals surface area contributed by atoms with Crippen LogP contribution >= 0.6 is 22.9 Å². The minimum absolute atomic E-state index is 0.161. The Morgan fingerprint density at radius 3 is 2.73 bits per heavy atom. The van der Waals surface area contributed by atoms with Gasteiger partial charge in [-0.1, -0.05) is 23.7 Å². The van der Waals surface area contributed by atoms with Crippen molar-refractivity contribution in [3.63, 3.8) is 0 Å². The van der Waals surface area contributed by atoms with Gasteiger partial charge in [0.2, 0.25) is 5.91 Å². The smallest absolute Gasteiger partial charge is 0.230 e. The van der Waals surface area contributed by atoms with E-state index in [1.807, 2.05) is 23.6 Å². The summed E-state index contributed by atoms with van der Waals surface area (Å²) in [5, 5.41) is 2.67. The summed E-state index contributed by atoms with van der Waals surface area (Å²) in [5.41, 5.74) is 1.32. The highest BCUT2D eigenvalue weighted by Crippen LogP contribution is 2.35. The number of anilines is 2. The van der Waals surface area contributed by atoms with Crippen molar-refractivity contribution < 1.29 is 14.3 Å². The number of nitrogens with zero attached hydrogens (tertiary/aromatic N) is 3. The van der Waals surface area contributed by atoms with E-state index in [4.69, 9.17) is 21.1 Å². The second-order valence-corrected chi connectivity index (χ2v) is 6.42. The van der Waals surface area contributed by atoms with Crippen LogP contribution in [0, 0.1) is 0 Å². The summed E-state index contributed by atoms with van der Waals surface area (Å²) in [4.78, 5) is 22.2. The predicted molar refractivity (Wildman–Crippen MR) is 102 cm³/mol. The molecule has 3 rings (SSSR count). The molecule has 26 heavy (non-hydrogen) atoms. The molecule has 2 aromatic heterocycles. The quantitative estimate of drug-likeness (QED) is 0.582. The molecule has 0 unspecified atom stereocenters. The average molecular weight is 390 g/mol. The summed E-state index contributed by atoms with van der Waals surface area (Å²) in [7, 11) is 1.57. The topological polar surface area (TPSA) is 64.5 Å². The Morgan fingerprint density at radius 1 is 1.23 bits per heavy atom. The van der Waals surface area contributed by atoms with Crippen LogP contribution < -0.4 is 14.4 Å². The lowest BCUT2D eigenvalue weighted by Gasteiger charge is -2.20. The van der Waals surface area contributed by atoms with Crippen LogP contribution in [0.4, 0.5) is 10.8 Å². The number of carbonyl (C=O) groups is 1. The maximum Gasteiger partial charge on any atom is 0.230 e. The lowest BCUT2D eigenvalue weighted by Crippen LogP contribution is -2.23. The summed E-state index contributed by atoms with van der Waals surface area (Å²) >= 11 is 7.33. The Bertz CT molecular complexity index is 916. The van der Waals surface area contributed by atoms with E-state index >= 15 is 0 Å². The molecule has 1 amide bonds. The molecule has 3 aromatic rings. The molecule has 0 bridgehead atoms. The molecule has 0 aliphatic rings. The number of hydrogen-bond acceptors (Lipinski definition) is 6. The van der Waals surface area contributed by atoms with Crippen molar-refractivity contribution in [1.29, 1.82) is 0 Å². The molecule has 0 fully saturated rings. The molecule has 0 N–H and O–H groups in total. The number of aromatic nitrogens is 2. The van der Waals surface area contributed by atoms with Crippen molar-refractivity contribution in [2.45, 2.75) is 13.5 Å². The number of methoxy groups -OCH3 is 1. The van der Waals surface area contributed by atoms with Crippen molar-refractivity contribution >= 4 is 39.7 Å². The van der Waals surface area contributed by atoms with Crippen LogP contribution in [0.3, 0.4) is 0 Å². The summed E-state index contributed by atoms with van der Waals surface area (Å²) in [6.45, 7) is 1.71. The molecule has 0 spiro atoms. The van der Waals surface area contributed by atoms with Gasteiger partial charge in [0.25, 0.3) is 0 Å². The van der Waals surface area contributed by atoms with E-state index in [1.165, 1.54) is 23.2 Å². The van der Waals surface area contributed by atoms with Gasteiger partial charge in [-0.15, -0.1) is 11.3 Å². The number of hydrogen-bond donors (Lipinski definition) is 0. The molecule has 0 radical (unpaired) electrons. The van der Waals surface area contributed by atoms with E-state index in [1.54, 1.807) is 31.5 Å². The van der Waals surface area contributed by atoms with Crippen LogP contribution in [0.5, 0.6) is 11.5 Å². The molecule has 0 atom stereocenters. The van der Waals surface area contributed by atoms with Gasteiger partial charge in [-0.25, -0.2) is 9.97 Å². The molecule has 6 nitrogen and oxygen atoms in total. The van der Waals surface area contributed by atoms with Gasteiger partial charge >= 0.3 is 0 Å². The molecule has 0 aliphatic carbocycles. The van der Waals surface area contributed by atoms with E-state index in [2.05, 4.69) is 9.97 Å². The highest BCUT2D eigenvalue weighted by molar-refractivity contribution is 7.14. The van der Waals surface area contributed by atoms with Gasteiger partial charge in [0, 0.05) is 18.5 Å². The number of benzene rings is 1. The first-order valence-electron chi connectivity index (χ1n) is 7.71. The predicted octanol–water partition coefficient (Wildman–Crippen LogP) is 4.46. The Hall–Kier alpha value is -2.64. The van der Waals surface area contributed by atoms with Crippen molar-refractivity contribution in [3.05, 3.63) is 58.8 Å². The zero-order valence-electron chi connectivity index (χ0n) is 14.2.